The number of nitrogens with zero attached hydrogens (tertiary/aromatic N) is 1. The Kier molecular flexibility index (Phi) is 7.55. The van der Waals surface area contributed by atoms with E-state index in [1.165, 1.54) is 61.0 Å². The molecule has 0 fully saturated rings. The molecular weight excluding hydrogens is 691 g/mol. The van der Waals surface area contributed by atoms with Gasteiger partial charge < -0.3 is 9.32 Å². The standard InChI is InChI=1S/C55H39NO/c1-55(2)51-23-12-11-21-45(51)46-30-28-43(34-52(46)55)56(41-26-24-38(25-27-41)36-14-5-3-6-15-36)42-29-31-53-49(33-42)50-35-48(44-20-9-10-22-47(44)54(50)57-53)40-19-13-18-39(32-40)37-16-7-4-8-17-37/h3-35H,1-2H3. The van der Waals surface area contributed by atoms with Gasteiger partial charge in [0.1, 0.15) is 11.2 Å². The van der Waals surface area contributed by atoms with Crippen molar-refractivity contribution in [2.24, 2.45) is 0 Å². The second-order valence-electron chi connectivity index (χ2n) is 15.7. The molecule has 0 N–H and O–H groups in total. The van der Waals surface area contributed by atoms with Gasteiger partial charge in [-0.1, -0.05) is 159 Å². The van der Waals surface area contributed by atoms with Crippen molar-refractivity contribution >= 4 is 49.8 Å². The number of furan rings is 1. The first-order valence-electron chi connectivity index (χ1n) is 19.8. The summed E-state index contributed by atoms with van der Waals surface area (Å²) in [5, 5.41) is 4.49. The summed E-state index contributed by atoms with van der Waals surface area (Å²) in [5.74, 6) is 0. The molecule has 0 radical (unpaired) electrons. The second kappa shape index (κ2) is 13.0. The van der Waals surface area contributed by atoms with Crippen LogP contribution in [0.25, 0.3) is 77.2 Å². The van der Waals surface area contributed by atoms with Crippen LogP contribution in [-0.2, 0) is 5.41 Å². The van der Waals surface area contributed by atoms with E-state index in [0.717, 1.165) is 44.4 Å². The lowest BCUT2D eigenvalue weighted by molar-refractivity contribution is 0.660. The van der Waals surface area contributed by atoms with Crippen LogP contribution in [0.4, 0.5) is 17.1 Å². The lowest BCUT2D eigenvalue weighted by Crippen LogP contribution is -2.16. The van der Waals surface area contributed by atoms with E-state index >= 15 is 0 Å². The SMILES string of the molecule is CC1(C)c2ccccc2-c2ccc(N(c3ccc(-c4ccccc4)cc3)c3ccc4oc5c6ccccc6c(-c6cccc(-c7ccccc7)c6)cc5c4c3)cc21. The summed E-state index contributed by atoms with van der Waals surface area (Å²) in [5.41, 5.74) is 17.5. The summed E-state index contributed by atoms with van der Waals surface area (Å²) in [4.78, 5) is 2.40. The number of rotatable bonds is 6. The van der Waals surface area contributed by atoms with E-state index in [-0.39, 0.29) is 5.41 Å². The third kappa shape index (κ3) is 5.40. The summed E-state index contributed by atoms with van der Waals surface area (Å²) < 4.78 is 6.77. The number of fused-ring (bicyclic) bond motifs is 8. The van der Waals surface area contributed by atoms with Gasteiger partial charge in [-0.25, -0.2) is 0 Å². The fourth-order valence-electron chi connectivity index (χ4n) is 9.17. The molecule has 1 aromatic heterocycles. The molecule has 0 aliphatic heterocycles. The van der Waals surface area contributed by atoms with Crippen molar-refractivity contribution in [1.29, 1.82) is 0 Å². The van der Waals surface area contributed by atoms with Gasteiger partial charge in [0.05, 0.1) is 0 Å². The highest BCUT2D eigenvalue weighted by Gasteiger charge is 2.35. The van der Waals surface area contributed by atoms with Crippen LogP contribution in [0.1, 0.15) is 25.0 Å². The Morgan fingerprint density at radius 1 is 0.351 bits per heavy atom. The molecule has 2 nitrogen and oxygen atoms in total. The highest BCUT2D eigenvalue weighted by molar-refractivity contribution is 6.19. The number of benzene rings is 9. The fraction of sp³-hybridized carbons (Fsp3) is 0.0545. The van der Waals surface area contributed by atoms with Crippen LogP contribution < -0.4 is 4.90 Å². The van der Waals surface area contributed by atoms with E-state index in [4.69, 9.17) is 4.42 Å². The molecule has 0 bridgehead atoms. The second-order valence-corrected chi connectivity index (χ2v) is 15.7. The van der Waals surface area contributed by atoms with E-state index in [1.54, 1.807) is 0 Å². The first kappa shape index (κ1) is 33.2. The average molecular weight is 730 g/mol. The molecular formula is C55H39NO. The van der Waals surface area contributed by atoms with Crippen molar-refractivity contribution in [3.05, 3.63) is 211 Å². The summed E-state index contributed by atoms with van der Waals surface area (Å²) in [7, 11) is 0. The Hall–Kier alpha value is -7.16. The van der Waals surface area contributed by atoms with Gasteiger partial charge in [0.15, 0.2) is 0 Å². The summed E-state index contributed by atoms with van der Waals surface area (Å²) in [6.45, 7) is 4.70. The molecule has 57 heavy (non-hydrogen) atoms. The van der Waals surface area contributed by atoms with Gasteiger partial charge in [-0.3, -0.25) is 0 Å². The molecule has 11 rings (SSSR count). The van der Waals surface area contributed by atoms with E-state index in [9.17, 15) is 0 Å². The zero-order valence-electron chi connectivity index (χ0n) is 31.9. The Bertz CT molecular complexity index is 3140. The van der Waals surface area contributed by atoms with Crippen LogP contribution in [0.2, 0.25) is 0 Å². The van der Waals surface area contributed by atoms with E-state index in [1.807, 2.05) is 0 Å². The molecule has 1 aliphatic rings. The van der Waals surface area contributed by atoms with Crippen molar-refractivity contribution in [3.63, 3.8) is 0 Å². The minimum Gasteiger partial charge on any atom is -0.455 e. The van der Waals surface area contributed by atoms with Crippen LogP contribution in [0.3, 0.4) is 0 Å². The molecule has 2 heteroatoms. The predicted octanol–water partition coefficient (Wildman–Crippen LogP) is 15.5. The summed E-state index contributed by atoms with van der Waals surface area (Å²) >= 11 is 0. The van der Waals surface area contributed by atoms with Gasteiger partial charge in [-0.2, -0.15) is 0 Å². The highest BCUT2D eigenvalue weighted by atomic mass is 16.3. The van der Waals surface area contributed by atoms with Gasteiger partial charge in [0.2, 0.25) is 0 Å². The number of hydrogen-bond donors (Lipinski definition) is 0. The van der Waals surface area contributed by atoms with Gasteiger partial charge >= 0.3 is 0 Å². The predicted molar refractivity (Wildman–Crippen MR) is 240 cm³/mol. The Morgan fingerprint density at radius 3 is 1.72 bits per heavy atom. The lowest BCUT2D eigenvalue weighted by Gasteiger charge is -2.28. The molecule has 0 saturated heterocycles. The van der Waals surface area contributed by atoms with Crippen molar-refractivity contribution < 1.29 is 4.42 Å². The van der Waals surface area contributed by atoms with E-state index in [0.29, 0.717) is 0 Å². The maximum atomic E-state index is 6.77. The number of hydrogen-bond acceptors (Lipinski definition) is 2. The maximum absolute atomic E-state index is 6.77. The molecule has 0 unspecified atom stereocenters. The van der Waals surface area contributed by atoms with Crippen LogP contribution in [0.15, 0.2) is 205 Å². The van der Waals surface area contributed by atoms with Crippen LogP contribution in [0.5, 0.6) is 0 Å². The number of anilines is 3. The lowest BCUT2D eigenvalue weighted by atomic mass is 9.82. The molecule has 0 atom stereocenters. The van der Waals surface area contributed by atoms with Crippen molar-refractivity contribution in [2.75, 3.05) is 4.90 Å². The fourth-order valence-corrected chi connectivity index (χ4v) is 9.17. The molecule has 0 amide bonds. The third-order valence-corrected chi connectivity index (χ3v) is 12.1. The van der Waals surface area contributed by atoms with Crippen molar-refractivity contribution in [2.45, 2.75) is 19.3 Å². The van der Waals surface area contributed by atoms with Crippen LogP contribution >= 0.6 is 0 Å². The average Bonchev–Trinajstić information content (AvgIpc) is 3.75. The maximum Gasteiger partial charge on any atom is 0.143 e. The normalized spacial score (nSPS) is 12.9. The smallest absolute Gasteiger partial charge is 0.143 e. The highest BCUT2D eigenvalue weighted by Crippen LogP contribution is 2.51. The summed E-state index contributed by atoms with van der Waals surface area (Å²) in [6, 6.07) is 72.6. The van der Waals surface area contributed by atoms with E-state index in [2.05, 4.69) is 219 Å². The van der Waals surface area contributed by atoms with Gasteiger partial charge in [-0.05, 0) is 116 Å². The van der Waals surface area contributed by atoms with Crippen LogP contribution in [0, 0.1) is 0 Å². The molecule has 1 aliphatic carbocycles. The molecule has 0 saturated carbocycles. The minimum absolute atomic E-state index is 0.120. The zero-order chi connectivity index (χ0) is 38.1. The van der Waals surface area contributed by atoms with Gasteiger partial charge in [0.25, 0.3) is 0 Å². The van der Waals surface area contributed by atoms with Crippen molar-refractivity contribution in [1.82, 2.24) is 0 Å². The molecule has 270 valence electrons. The Balaban J connectivity index is 1.10. The summed E-state index contributed by atoms with van der Waals surface area (Å²) in [6.07, 6.45) is 0. The monoisotopic (exact) mass is 729 g/mol. The third-order valence-electron chi connectivity index (χ3n) is 12.1. The minimum atomic E-state index is -0.120. The molecule has 0 spiro atoms. The van der Waals surface area contributed by atoms with Gasteiger partial charge in [-0.15, -0.1) is 0 Å². The Labute approximate surface area is 332 Å². The van der Waals surface area contributed by atoms with E-state index < -0.39 is 0 Å². The van der Waals surface area contributed by atoms with Crippen LogP contribution in [-0.4, -0.2) is 0 Å². The quantitative estimate of drug-likeness (QED) is 0.169. The Morgan fingerprint density at radius 2 is 0.930 bits per heavy atom. The first-order valence-corrected chi connectivity index (χ1v) is 19.8. The largest absolute Gasteiger partial charge is 0.455 e. The first-order chi connectivity index (χ1) is 28.0. The molecule has 1 heterocycles. The topological polar surface area (TPSA) is 16.4 Å². The molecule has 9 aromatic carbocycles. The molecule has 10 aromatic rings. The van der Waals surface area contributed by atoms with Crippen molar-refractivity contribution in [3.8, 4) is 44.5 Å². The van der Waals surface area contributed by atoms with Gasteiger partial charge in [0, 0.05) is 38.6 Å². The zero-order valence-corrected chi connectivity index (χ0v) is 31.9.